The van der Waals surface area contributed by atoms with E-state index >= 15 is 0 Å². The molecular formula is C18H16BrNO2S. The van der Waals surface area contributed by atoms with Gasteiger partial charge < -0.3 is 9.47 Å². The average Bonchev–Trinajstić information content (AvgIpc) is 2.60. The van der Waals surface area contributed by atoms with E-state index in [9.17, 15) is 5.26 Å². The summed E-state index contributed by atoms with van der Waals surface area (Å²) >= 11 is 5.08. The first-order valence-corrected chi connectivity index (χ1v) is 8.83. The van der Waals surface area contributed by atoms with Gasteiger partial charge >= 0.3 is 0 Å². The fourth-order valence-electron chi connectivity index (χ4n) is 2.23. The number of allylic oxidation sites excluding steroid dienone is 1. The number of hydrogen-bond acceptors (Lipinski definition) is 4. The Kier molecular flexibility index (Phi) is 6.14. The van der Waals surface area contributed by atoms with Crippen LogP contribution in [0.4, 0.5) is 0 Å². The van der Waals surface area contributed by atoms with Crippen molar-refractivity contribution >= 4 is 38.2 Å². The lowest BCUT2D eigenvalue weighted by molar-refractivity contribution is 0.354. The third-order valence-electron chi connectivity index (χ3n) is 3.32. The molecule has 0 radical (unpaired) electrons. The summed E-state index contributed by atoms with van der Waals surface area (Å²) in [7, 11) is 3.17. The molecule has 118 valence electrons. The van der Waals surface area contributed by atoms with E-state index in [1.165, 1.54) is 0 Å². The number of rotatable bonds is 5. The van der Waals surface area contributed by atoms with E-state index in [1.807, 2.05) is 48.7 Å². The van der Waals surface area contributed by atoms with Crippen molar-refractivity contribution < 1.29 is 9.47 Å². The highest BCUT2D eigenvalue weighted by Crippen LogP contribution is 2.41. The van der Waals surface area contributed by atoms with Gasteiger partial charge in [-0.3, -0.25) is 0 Å². The van der Waals surface area contributed by atoms with Crippen LogP contribution in [0.1, 0.15) is 11.1 Å². The first-order valence-electron chi connectivity index (χ1n) is 6.82. The lowest BCUT2D eigenvalue weighted by atomic mass is 10.0. The summed E-state index contributed by atoms with van der Waals surface area (Å²) < 4.78 is 11.4. The predicted octanol–water partition coefficient (Wildman–Crippen LogP) is 5.22. The number of nitrogens with zero attached hydrogens (tertiary/aromatic N) is 1. The summed E-state index contributed by atoms with van der Waals surface area (Å²) in [5.41, 5.74) is 2.38. The van der Waals surface area contributed by atoms with Gasteiger partial charge in [-0.05, 0) is 39.9 Å². The molecule has 23 heavy (non-hydrogen) atoms. The number of benzene rings is 2. The maximum absolute atomic E-state index is 9.74. The fraction of sp³-hybridized carbons (Fsp3) is 0.167. The highest BCUT2D eigenvalue weighted by Gasteiger charge is 2.17. The molecule has 0 spiro atoms. The molecule has 0 aliphatic rings. The van der Waals surface area contributed by atoms with Gasteiger partial charge in [-0.1, -0.05) is 30.3 Å². The second-order valence-electron chi connectivity index (χ2n) is 4.57. The van der Waals surface area contributed by atoms with Crippen LogP contribution in [0.25, 0.3) is 10.5 Å². The van der Waals surface area contributed by atoms with Gasteiger partial charge in [-0.25, -0.2) is 0 Å². The van der Waals surface area contributed by atoms with Crippen molar-refractivity contribution in [2.45, 2.75) is 0 Å². The molecule has 5 heteroatoms. The second kappa shape index (κ2) is 8.09. The summed E-state index contributed by atoms with van der Waals surface area (Å²) in [6, 6.07) is 15.8. The standard InChI is InChI=1S/C18H16BrNO2S/c1-21-16-9-13(15(19)10-17(16)22-2)14(11-20)18(23-3)12-7-5-4-6-8-12/h4-10H,1-3H3/b18-14-. The van der Waals surface area contributed by atoms with E-state index in [4.69, 9.17) is 9.47 Å². The molecule has 0 aliphatic heterocycles. The zero-order valence-corrected chi connectivity index (χ0v) is 15.5. The third kappa shape index (κ3) is 3.72. The molecule has 2 rings (SSSR count). The first-order chi connectivity index (χ1) is 11.2. The molecule has 0 amide bonds. The maximum atomic E-state index is 9.74. The Morgan fingerprint density at radius 2 is 1.70 bits per heavy atom. The molecule has 0 aromatic heterocycles. The van der Waals surface area contributed by atoms with Crippen molar-refractivity contribution in [1.29, 1.82) is 5.26 Å². The molecule has 0 N–H and O–H groups in total. The van der Waals surface area contributed by atoms with E-state index in [0.29, 0.717) is 17.1 Å². The molecule has 0 aliphatic carbocycles. The van der Waals surface area contributed by atoms with Crippen LogP contribution in [0, 0.1) is 11.3 Å². The topological polar surface area (TPSA) is 42.2 Å². The van der Waals surface area contributed by atoms with Crippen LogP contribution in [0.2, 0.25) is 0 Å². The summed E-state index contributed by atoms with van der Waals surface area (Å²) in [4.78, 5) is 0.918. The molecule has 0 unspecified atom stereocenters. The Morgan fingerprint density at radius 1 is 1.09 bits per heavy atom. The van der Waals surface area contributed by atoms with Gasteiger partial charge in [-0.15, -0.1) is 11.8 Å². The molecule has 3 nitrogen and oxygen atoms in total. The minimum atomic E-state index is 0.590. The lowest BCUT2D eigenvalue weighted by Crippen LogP contribution is -1.95. The Labute approximate surface area is 149 Å². The van der Waals surface area contributed by atoms with Crippen LogP contribution in [0.15, 0.2) is 46.9 Å². The second-order valence-corrected chi connectivity index (χ2v) is 6.24. The van der Waals surface area contributed by atoms with Gasteiger partial charge in [0.2, 0.25) is 0 Å². The Bertz CT molecular complexity index is 767. The molecule has 0 saturated heterocycles. The van der Waals surface area contributed by atoms with Gasteiger partial charge in [0.25, 0.3) is 0 Å². The molecule has 0 bridgehead atoms. The Morgan fingerprint density at radius 3 is 2.22 bits per heavy atom. The quantitative estimate of drug-likeness (QED) is 0.519. The van der Waals surface area contributed by atoms with Gasteiger partial charge in [0, 0.05) is 14.9 Å². The predicted molar refractivity (Wildman–Crippen MR) is 99.6 cm³/mol. The van der Waals surface area contributed by atoms with Crippen LogP contribution in [-0.2, 0) is 0 Å². The van der Waals surface area contributed by atoms with Crippen molar-refractivity contribution in [1.82, 2.24) is 0 Å². The summed E-state index contributed by atoms with van der Waals surface area (Å²) in [6.07, 6.45) is 1.97. The molecule has 0 fully saturated rings. The van der Waals surface area contributed by atoms with Crippen molar-refractivity contribution in [2.24, 2.45) is 0 Å². The smallest absolute Gasteiger partial charge is 0.161 e. The van der Waals surface area contributed by atoms with E-state index in [-0.39, 0.29) is 0 Å². The molecule has 2 aromatic carbocycles. The number of methoxy groups -OCH3 is 2. The zero-order valence-electron chi connectivity index (χ0n) is 13.1. The highest BCUT2D eigenvalue weighted by atomic mass is 79.9. The van der Waals surface area contributed by atoms with Gasteiger partial charge in [-0.2, -0.15) is 5.26 Å². The lowest BCUT2D eigenvalue weighted by Gasteiger charge is -2.14. The Balaban J connectivity index is 2.70. The molecule has 0 saturated carbocycles. The van der Waals surface area contributed by atoms with Crippen molar-refractivity contribution in [3.63, 3.8) is 0 Å². The van der Waals surface area contributed by atoms with Gasteiger partial charge in [0.15, 0.2) is 11.5 Å². The van der Waals surface area contributed by atoms with E-state index in [0.717, 1.165) is 20.5 Å². The third-order valence-corrected chi connectivity index (χ3v) is 4.83. The molecule has 0 atom stereocenters. The Hall–Kier alpha value is -1.90. The molecule has 2 aromatic rings. The van der Waals surface area contributed by atoms with Gasteiger partial charge in [0.1, 0.15) is 6.07 Å². The summed E-state index contributed by atoms with van der Waals surface area (Å²) in [5, 5.41) is 9.74. The van der Waals surface area contributed by atoms with Crippen LogP contribution >= 0.6 is 27.7 Å². The normalized spacial score (nSPS) is 11.4. The first kappa shape index (κ1) is 17.5. The monoisotopic (exact) mass is 389 g/mol. The van der Waals surface area contributed by atoms with Crippen LogP contribution in [-0.4, -0.2) is 20.5 Å². The van der Waals surface area contributed by atoms with Crippen LogP contribution < -0.4 is 9.47 Å². The van der Waals surface area contributed by atoms with Gasteiger partial charge in [0.05, 0.1) is 19.8 Å². The zero-order chi connectivity index (χ0) is 16.8. The fourth-order valence-corrected chi connectivity index (χ4v) is 3.48. The van der Waals surface area contributed by atoms with Crippen LogP contribution in [0.3, 0.4) is 0 Å². The number of ether oxygens (including phenoxy) is 2. The van der Waals surface area contributed by atoms with Crippen molar-refractivity contribution in [2.75, 3.05) is 20.5 Å². The molecular weight excluding hydrogens is 374 g/mol. The van der Waals surface area contributed by atoms with E-state index < -0.39 is 0 Å². The highest BCUT2D eigenvalue weighted by molar-refractivity contribution is 9.10. The number of halogens is 1. The van der Waals surface area contributed by atoms with E-state index in [1.54, 1.807) is 26.0 Å². The van der Waals surface area contributed by atoms with Crippen molar-refractivity contribution in [3.8, 4) is 17.6 Å². The van der Waals surface area contributed by atoms with E-state index in [2.05, 4.69) is 22.0 Å². The SMILES string of the molecule is COc1cc(Br)c(/C(C#N)=C(\SC)c2ccccc2)cc1OC. The summed E-state index contributed by atoms with van der Waals surface area (Å²) in [6.45, 7) is 0. The minimum absolute atomic E-state index is 0.590. The summed E-state index contributed by atoms with van der Waals surface area (Å²) in [5.74, 6) is 1.21. The number of thioether (sulfide) groups is 1. The average molecular weight is 390 g/mol. The number of hydrogen-bond donors (Lipinski definition) is 0. The largest absolute Gasteiger partial charge is 0.493 e. The number of nitriles is 1. The van der Waals surface area contributed by atoms with Crippen molar-refractivity contribution in [3.05, 3.63) is 58.1 Å². The maximum Gasteiger partial charge on any atom is 0.161 e. The minimum Gasteiger partial charge on any atom is -0.493 e. The van der Waals surface area contributed by atoms with Crippen LogP contribution in [0.5, 0.6) is 11.5 Å². The molecule has 0 heterocycles.